The molecule has 0 fully saturated rings. The molecule has 5 rings (SSSR count). The summed E-state index contributed by atoms with van der Waals surface area (Å²) >= 11 is 0. The number of ether oxygens (including phenoxy) is 1. The Balaban J connectivity index is 1.66. The lowest BCUT2D eigenvalue weighted by Gasteiger charge is -2.27. The van der Waals surface area contributed by atoms with Crippen molar-refractivity contribution < 1.29 is 4.74 Å². The number of anilines is 1. The van der Waals surface area contributed by atoms with Crippen LogP contribution in [0.3, 0.4) is 0 Å². The van der Waals surface area contributed by atoms with Gasteiger partial charge in [0.15, 0.2) is 0 Å². The van der Waals surface area contributed by atoms with E-state index in [2.05, 4.69) is 78.3 Å². The minimum atomic E-state index is 0.0425. The summed E-state index contributed by atoms with van der Waals surface area (Å²) < 4.78 is 7.91. The van der Waals surface area contributed by atoms with E-state index < -0.39 is 0 Å². The summed E-state index contributed by atoms with van der Waals surface area (Å²) in [4.78, 5) is 4.88. The van der Waals surface area contributed by atoms with Crippen molar-refractivity contribution in [2.45, 2.75) is 26.8 Å². The number of imidazole rings is 1. The number of rotatable bonds is 4. The molecule has 1 aromatic heterocycles. The van der Waals surface area contributed by atoms with E-state index in [1.165, 1.54) is 22.3 Å². The molecule has 1 aliphatic rings. The normalized spacial score (nSPS) is 15.4. The molecule has 0 saturated heterocycles. The van der Waals surface area contributed by atoms with Crippen molar-refractivity contribution in [3.8, 4) is 5.75 Å². The average Bonchev–Trinajstić information content (AvgIpc) is 3.14. The average molecular weight is 396 g/mol. The molecule has 150 valence electrons. The maximum absolute atomic E-state index is 5.64. The quantitative estimate of drug-likeness (QED) is 0.453. The van der Waals surface area contributed by atoms with Gasteiger partial charge in [-0.3, -0.25) is 4.57 Å². The number of fused-ring (bicyclic) bond motifs is 3. The smallest absolute Gasteiger partial charge is 0.209 e. The van der Waals surface area contributed by atoms with E-state index in [1.54, 1.807) is 0 Å². The minimum Gasteiger partial charge on any atom is -0.494 e. The summed E-state index contributed by atoms with van der Waals surface area (Å²) in [6, 6.07) is 23.3. The lowest BCUT2D eigenvalue weighted by Crippen LogP contribution is -2.19. The number of hydrogen-bond donors (Lipinski definition) is 1. The second-order valence-corrected chi connectivity index (χ2v) is 7.75. The van der Waals surface area contributed by atoms with Gasteiger partial charge < -0.3 is 10.1 Å². The molecule has 4 heteroatoms. The highest BCUT2D eigenvalue weighted by atomic mass is 16.5. The molecule has 0 bridgehead atoms. The van der Waals surface area contributed by atoms with Crippen LogP contribution in [0.4, 0.5) is 5.95 Å². The molecule has 4 aromatic rings. The first-order valence-corrected chi connectivity index (χ1v) is 10.4. The van der Waals surface area contributed by atoms with Crippen molar-refractivity contribution in [3.05, 3.63) is 95.1 Å². The second-order valence-electron chi connectivity index (χ2n) is 7.75. The fourth-order valence-corrected chi connectivity index (χ4v) is 4.06. The number of nitrogens with one attached hydrogen (secondary N) is 1. The lowest BCUT2D eigenvalue weighted by molar-refractivity contribution is 0.340. The van der Waals surface area contributed by atoms with Crippen molar-refractivity contribution >= 4 is 22.7 Å². The van der Waals surface area contributed by atoms with Crippen LogP contribution in [-0.4, -0.2) is 16.2 Å². The Kier molecular flexibility index (Phi) is 4.55. The Labute approximate surface area is 176 Å². The molecule has 4 nitrogen and oxygen atoms in total. The molecule has 1 unspecified atom stereocenters. The third kappa shape index (κ3) is 3.14. The maximum atomic E-state index is 5.64. The summed E-state index contributed by atoms with van der Waals surface area (Å²) in [5, 5.41) is 3.57. The highest BCUT2D eigenvalue weighted by Gasteiger charge is 2.25. The molecule has 3 aromatic carbocycles. The van der Waals surface area contributed by atoms with E-state index in [-0.39, 0.29) is 6.04 Å². The lowest BCUT2D eigenvalue weighted by atomic mass is 9.99. The third-order valence-electron chi connectivity index (χ3n) is 5.80. The van der Waals surface area contributed by atoms with E-state index in [1.807, 2.05) is 25.1 Å². The van der Waals surface area contributed by atoms with Crippen molar-refractivity contribution in [1.82, 2.24) is 9.55 Å². The number of allylic oxidation sites excluding steroid dienone is 1. The number of hydrogen-bond acceptors (Lipinski definition) is 3. The number of aryl methyl sites for hydroxylation is 2. The fraction of sp³-hybridized carbons (Fsp3) is 0.192. The summed E-state index contributed by atoms with van der Waals surface area (Å²) in [5.74, 6) is 1.76. The Morgan fingerprint density at radius 3 is 2.53 bits per heavy atom. The molecular formula is C26H25N3O. The van der Waals surface area contributed by atoms with Crippen LogP contribution in [0.5, 0.6) is 5.75 Å². The van der Waals surface area contributed by atoms with E-state index in [4.69, 9.17) is 9.72 Å². The van der Waals surface area contributed by atoms with Crippen LogP contribution >= 0.6 is 0 Å². The van der Waals surface area contributed by atoms with Gasteiger partial charge in [-0.1, -0.05) is 36.4 Å². The summed E-state index contributed by atoms with van der Waals surface area (Å²) in [6.45, 7) is 6.97. The summed E-state index contributed by atoms with van der Waals surface area (Å²) in [5.41, 5.74) is 8.15. The molecule has 0 aliphatic carbocycles. The first-order chi connectivity index (χ1) is 14.6. The van der Waals surface area contributed by atoms with Crippen LogP contribution in [0.25, 0.3) is 16.7 Å². The largest absolute Gasteiger partial charge is 0.494 e. The maximum Gasteiger partial charge on any atom is 0.209 e. The van der Waals surface area contributed by atoms with Crippen molar-refractivity contribution in [3.63, 3.8) is 0 Å². The number of aromatic nitrogens is 2. The third-order valence-corrected chi connectivity index (χ3v) is 5.80. The highest BCUT2D eigenvalue weighted by molar-refractivity contribution is 5.85. The topological polar surface area (TPSA) is 39.1 Å². The second kappa shape index (κ2) is 7.38. The molecule has 0 spiro atoms. The SMILES string of the molecule is CCOc1ccc(C2C=C(c3ccc(C)c(C)c3)Nc3nc4ccccc4n32)cc1. The van der Waals surface area contributed by atoms with Crippen molar-refractivity contribution in [1.29, 1.82) is 0 Å². The predicted octanol–water partition coefficient (Wildman–Crippen LogP) is 6.11. The Morgan fingerprint density at radius 1 is 0.967 bits per heavy atom. The van der Waals surface area contributed by atoms with Gasteiger partial charge in [0.1, 0.15) is 5.75 Å². The molecule has 0 saturated carbocycles. The van der Waals surface area contributed by atoms with Gasteiger partial charge in [0, 0.05) is 5.70 Å². The van der Waals surface area contributed by atoms with Crippen LogP contribution in [0, 0.1) is 13.8 Å². The number of para-hydroxylation sites is 2. The first-order valence-electron chi connectivity index (χ1n) is 10.4. The minimum absolute atomic E-state index is 0.0425. The molecule has 2 heterocycles. The fourth-order valence-electron chi connectivity index (χ4n) is 4.06. The molecule has 1 aliphatic heterocycles. The Morgan fingerprint density at radius 2 is 1.77 bits per heavy atom. The Bertz CT molecular complexity index is 1250. The van der Waals surface area contributed by atoms with Crippen LogP contribution in [0.2, 0.25) is 0 Å². The zero-order chi connectivity index (χ0) is 20.7. The van der Waals surface area contributed by atoms with E-state index in [0.29, 0.717) is 6.61 Å². The Hall–Kier alpha value is -3.53. The summed E-state index contributed by atoms with van der Waals surface area (Å²) in [7, 11) is 0. The van der Waals surface area contributed by atoms with Gasteiger partial charge in [-0.15, -0.1) is 0 Å². The van der Waals surface area contributed by atoms with Gasteiger partial charge in [0.2, 0.25) is 5.95 Å². The number of nitrogens with zero attached hydrogens (tertiary/aromatic N) is 2. The van der Waals surface area contributed by atoms with Gasteiger partial charge in [-0.25, -0.2) is 4.98 Å². The molecule has 0 amide bonds. The highest BCUT2D eigenvalue weighted by Crippen LogP contribution is 2.37. The molecule has 0 radical (unpaired) electrons. The van der Waals surface area contributed by atoms with Crippen LogP contribution < -0.4 is 10.1 Å². The van der Waals surface area contributed by atoms with Crippen LogP contribution in [0.1, 0.15) is 35.2 Å². The predicted molar refractivity (Wildman–Crippen MR) is 123 cm³/mol. The van der Waals surface area contributed by atoms with E-state index in [0.717, 1.165) is 28.4 Å². The molecule has 30 heavy (non-hydrogen) atoms. The van der Waals surface area contributed by atoms with Crippen molar-refractivity contribution in [2.24, 2.45) is 0 Å². The van der Waals surface area contributed by atoms with E-state index in [9.17, 15) is 0 Å². The van der Waals surface area contributed by atoms with Crippen molar-refractivity contribution in [2.75, 3.05) is 11.9 Å². The van der Waals surface area contributed by atoms with E-state index >= 15 is 0 Å². The molecule has 1 N–H and O–H groups in total. The first kappa shape index (κ1) is 18.5. The van der Waals surface area contributed by atoms with Gasteiger partial charge in [0.05, 0.1) is 23.7 Å². The summed E-state index contributed by atoms with van der Waals surface area (Å²) in [6.07, 6.45) is 2.29. The zero-order valence-electron chi connectivity index (χ0n) is 17.5. The van der Waals surface area contributed by atoms with Crippen LogP contribution in [-0.2, 0) is 0 Å². The molecular weight excluding hydrogens is 370 g/mol. The zero-order valence-corrected chi connectivity index (χ0v) is 17.5. The van der Waals surface area contributed by atoms with Gasteiger partial charge in [-0.05, 0) is 79.4 Å². The molecule has 1 atom stereocenters. The van der Waals surface area contributed by atoms with Crippen LogP contribution in [0.15, 0.2) is 72.8 Å². The standard InChI is InChI=1S/C26H25N3O/c1-4-30-21-13-11-19(12-14-21)25-16-23(20-10-9-17(2)18(3)15-20)28-26-27-22-7-5-6-8-24(22)29(25)26/h5-16,25H,4H2,1-3H3,(H,27,28). The van der Waals surface area contributed by atoms with Gasteiger partial charge in [0.25, 0.3) is 0 Å². The monoisotopic (exact) mass is 395 g/mol. The van der Waals surface area contributed by atoms with Gasteiger partial charge in [-0.2, -0.15) is 0 Å². The number of benzene rings is 3. The van der Waals surface area contributed by atoms with Gasteiger partial charge >= 0.3 is 0 Å².